The van der Waals surface area contributed by atoms with Gasteiger partial charge in [0.05, 0.1) is 5.71 Å². The standard InChI is InChI=1S/C7H6N2/c1-3-8-5-7-6(1)2-4-9-7/h1-6H. The maximum atomic E-state index is 4.09. The van der Waals surface area contributed by atoms with Gasteiger partial charge in [-0.2, -0.15) is 0 Å². The molecule has 0 radical (unpaired) electrons. The van der Waals surface area contributed by atoms with Crippen molar-refractivity contribution in [3.8, 4) is 0 Å². The normalized spacial score (nSPS) is 28.4. The summed E-state index contributed by atoms with van der Waals surface area (Å²) >= 11 is 0. The minimum Gasteiger partial charge on any atom is -0.263 e. The summed E-state index contributed by atoms with van der Waals surface area (Å²) in [6, 6.07) is 0. The van der Waals surface area contributed by atoms with Crippen LogP contribution in [0.25, 0.3) is 0 Å². The molecule has 0 N–H and O–H groups in total. The molecule has 0 amide bonds. The van der Waals surface area contributed by atoms with E-state index in [1.807, 2.05) is 12.3 Å². The molecule has 2 aliphatic heterocycles. The van der Waals surface area contributed by atoms with Crippen LogP contribution >= 0.6 is 0 Å². The summed E-state index contributed by atoms with van der Waals surface area (Å²) < 4.78 is 0. The van der Waals surface area contributed by atoms with Gasteiger partial charge in [-0.1, -0.05) is 12.2 Å². The van der Waals surface area contributed by atoms with Crippen LogP contribution in [-0.4, -0.2) is 11.9 Å². The Kier molecular flexibility index (Phi) is 0.859. The van der Waals surface area contributed by atoms with Gasteiger partial charge in [0.25, 0.3) is 0 Å². The SMILES string of the molecule is C1=CC2C=CN=C2C=N1. The molecular weight excluding hydrogens is 112 g/mol. The number of nitrogens with zero attached hydrogens (tertiary/aromatic N) is 2. The molecule has 2 rings (SSSR count). The fourth-order valence-electron chi connectivity index (χ4n) is 0.950. The average Bonchev–Trinajstić information content (AvgIpc) is 2.33. The van der Waals surface area contributed by atoms with Crippen molar-refractivity contribution in [2.75, 3.05) is 0 Å². The van der Waals surface area contributed by atoms with Gasteiger partial charge in [-0.05, 0) is 0 Å². The molecule has 0 aromatic heterocycles. The largest absolute Gasteiger partial charge is 0.263 e. The van der Waals surface area contributed by atoms with E-state index in [-0.39, 0.29) is 0 Å². The fourth-order valence-corrected chi connectivity index (χ4v) is 0.950. The lowest BCUT2D eigenvalue weighted by molar-refractivity contribution is 1.16. The van der Waals surface area contributed by atoms with Gasteiger partial charge in [0.2, 0.25) is 0 Å². The lowest BCUT2D eigenvalue weighted by atomic mass is 10.1. The Balaban J connectivity index is 2.40. The Bertz CT molecular complexity index is 233. The van der Waals surface area contributed by atoms with Crippen molar-refractivity contribution >= 4 is 11.9 Å². The highest BCUT2D eigenvalue weighted by molar-refractivity contribution is 6.34. The van der Waals surface area contributed by atoms with Crippen LogP contribution in [0.1, 0.15) is 0 Å². The molecule has 0 spiro atoms. The first-order valence-electron chi connectivity index (χ1n) is 2.91. The Morgan fingerprint density at radius 1 is 1.22 bits per heavy atom. The van der Waals surface area contributed by atoms with Crippen molar-refractivity contribution in [1.29, 1.82) is 0 Å². The first-order chi connectivity index (χ1) is 4.47. The summed E-state index contributed by atoms with van der Waals surface area (Å²) in [7, 11) is 0. The van der Waals surface area contributed by atoms with Crippen molar-refractivity contribution in [3.05, 3.63) is 24.6 Å². The third-order valence-electron chi connectivity index (χ3n) is 1.44. The molecule has 9 heavy (non-hydrogen) atoms. The molecule has 0 aromatic carbocycles. The molecule has 0 saturated heterocycles. The maximum Gasteiger partial charge on any atom is 0.0693 e. The van der Waals surface area contributed by atoms with Crippen LogP contribution in [0.2, 0.25) is 0 Å². The first-order valence-corrected chi connectivity index (χ1v) is 2.91. The summed E-state index contributed by atoms with van der Waals surface area (Å²) in [6.45, 7) is 0. The molecule has 2 heterocycles. The third kappa shape index (κ3) is 0.633. The molecule has 1 unspecified atom stereocenters. The van der Waals surface area contributed by atoms with E-state index in [1.54, 1.807) is 12.4 Å². The third-order valence-corrected chi connectivity index (χ3v) is 1.44. The van der Waals surface area contributed by atoms with E-state index in [4.69, 9.17) is 0 Å². The van der Waals surface area contributed by atoms with Crippen LogP contribution in [-0.2, 0) is 0 Å². The number of fused-ring (bicyclic) bond motifs is 1. The van der Waals surface area contributed by atoms with Gasteiger partial charge in [0.1, 0.15) is 0 Å². The maximum absolute atomic E-state index is 4.09. The van der Waals surface area contributed by atoms with Gasteiger partial charge >= 0.3 is 0 Å². The molecule has 0 aromatic rings. The van der Waals surface area contributed by atoms with Gasteiger partial charge in [-0.25, -0.2) is 0 Å². The van der Waals surface area contributed by atoms with Crippen molar-refractivity contribution in [1.82, 2.24) is 0 Å². The molecule has 0 saturated carbocycles. The highest BCUT2D eigenvalue weighted by Crippen LogP contribution is 2.13. The predicted molar refractivity (Wildman–Crippen MR) is 37.7 cm³/mol. The second-order valence-electron chi connectivity index (χ2n) is 2.04. The number of hydrogen-bond acceptors (Lipinski definition) is 2. The van der Waals surface area contributed by atoms with Crippen LogP contribution in [0.3, 0.4) is 0 Å². The van der Waals surface area contributed by atoms with Crippen LogP contribution in [0.5, 0.6) is 0 Å². The Morgan fingerprint density at radius 2 is 2.11 bits per heavy atom. The lowest BCUT2D eigenvalue weighted by Crippen LogP contribution is -2.09. The van der Waals surface area contributed by atoms with Crippen molar-refractivity contribution < 1.29 is 0 Å². The monoisotopic (exact) mass is 118 g/mol. The lowest BCUT2D eigenvalue weighted by Gasteiger charge is -2.03. The van der Waals surface area contributed by atoms with E-state index >= 15 is 0 Å². The molecule has 2 aliphatic rings. The summed E-state index contributed by atoms with van der Waals surface area (Å²) in [5, 5.41) is 0. The van der Waals surface area contributed by atoms with E-state index in [1.165, 1.54) is 0 Å². The number of allylic oxidation sites excluding steroid dienone is 2. The summed E-state index contributed by atoms with van der Waals surface area (Å²) in [6.07, 6.45) is 9.50. The smallest absolute Gasteiger partial charge is 0.0693 e. The summed E-state index contributed by atoms with van der Waals surface area (Å²) in [5.74, 6) is 0.405. The topological polar surface area (TPSA) is 24.7 Å². The number of hydrogen-bond donors (Lipinski definition) is 0. The molecule has 0 bridgehead atoms. The quantitative estimate of drug-likeness (QED) is 0.456. The Hall–Kier alpha value is -1.18. The van der Waals surface area contributed by atoms with Crippen LogP contribution in [0.15, 0.2) is 34.5 Å². The van der Waals surface area contributed by atoms with E-state index in [9.17, 15) is 0 Å². The van der Waals surface area contributed by atoms with Crippen molar-refractivity contribution in [2.45, 2.75) is 0 Å². The number of aliphatic imine (C=N–C) groups is 2. The Morgan fingerprint density at radius 3 is 3.00 bits per heavy atom. The second kappa shape index (κ2) is 1.65. The summed E-state index contributed by atoms with van der Waals surface area (Å²) in [4.78, 5) is 8.04. The Labute approximate surface area is 53.3 Å². The minimum atomic E-state index is 0.405. The van der Waals surface area contributed by atoms with E-state index in [0.717, 1.165) is 5.71 Å². The van der Waals surface area contributed by atoms with Gasteiger partial charge in [0.15, 0.2) is 0 Å². The van der Waals surface area contributed by atoms with Crippen LogP contribution in [0, 0.1) is 5.92 Å². The molecule has 0 fully saturated rings. The zero-order valence-corrected chi connectivity index (χ0v) is 4.86. The van der Waals surface area contributed by atoms with E-state index < -0.39 is 0 Å². The summed E-state index contributed by atoms with van der Waals surface area (Å²) in [5.41, 5.74) is 1.05. The molecule has 44 valence electrons. The molecule has 2 heteroatoms. The van der Waals surface area contributed by atoms with Crippen LogP contribution < -0.4 is 0 Å². The zero-order chi connectivity index (χ0) is 6.10. The van der Waals surface area contributed by atoms with E-state index in [2.05, 4.69) is 16.1 Å². The first kappa shape index (κ1) is 4.68. The molecule has 0 aliphatic carbocycles. The highest BCUT2D eigenvalue weighted by atomic mass is 14.8. The molecule has 2 nitrogen and oxygen atoms in total. The van der Waals surface area contributed by atoms with Gasteiger partial charge in [-0.15, -0.1) is 0 Å². The highest BCUT2D eigenvalue weighted by Gasteiger charge is 2.12. The molecule has 1 atom stereocenters. The van der Waals surface area contributed by atoms with Gasteiger partial charge in [0, 0.05) is 24.5 Å². The fraction of sp³-hybridized carbons (Fsp3) is 0.143. The molecular formula is C7H6N2. The van der Waals surface area contributed by atoms with Crippen molar-refractivity contribution in [2.24, 2.45) is 15.9 Å². The number of rotatable bonds is 0. The second-order valence-corrected chi connectivity index (χ2v) is 2.04. The minimum absolute atomic E-state index is 0.405. The predicted octanol–water partition coefficient (Wildman–Crippen LogP) is 1.17. The van der Waals surface area contributed by atoms with E-state index in [0.29, 0.717) is 5.92 Å². The van der Waals surface area contributed by atoms with Crippen molar-refractivity contribution in [3.63, 3.8) is 0 Å². The van der Waals surface area contributed by atoms with Crippen LogP contribution in [0.4, 0.5) is 0 Å². The van der Waals surface area contributed by atoms with Gasteiger partial charge < -0.3 is 0 Å². The average molecular weight is 118 g/mol. The van der Waals surface area contributed by atoms with Gasteiger partial charge in [-0.3, -0.25) is 9.98 Å². The zero-order valence-electron chi connectivity index (χ0n) is 4.86.